The molecule has 0 aliphatic carbocycles. The van der Waals surface area contributed by atoms with Crippen molar-refractivity contribution in [3.8, 4) is 0 Å². The van der Waals surface area contributed by atoms with Gasteiger partial charge in [0.05, 0.1) is 28.8 Å². The maximum Gasteiger partial charge on any atom is 0.416 e. The van der Waals surface area contributed by atoms with Crippen molar-refractivity contribution in [3.63, 3.8) is 0 Å². The van der Waals surface area contributed by atoms with Crippen molar-refractivity contribution >= 4 is 39.2 Å². The summed E-state index contributed by atoms with van der Waals surface area (Å²) in [6.45, 7) is 5.08. The van der Waals surface area contributed by atoms with E-state index in [1.54, 1.807) is 6.07 Å². The first-order valence-electron chi connectivity index (χ1n) is 11.9. The molecule has 2 aliphatic rings. The quantitative estimate of drug-likeness (QED) is 0.356. The summed E-state index contributed by atoms with van der Waals surface area (Å²) < 4.78 is 63.7. The van der Waals surface area contributed by atoms with Gasteiger partial charge >= 0.3 is 11.9 Å². The molecule has 0 bridgehead atoms. The number of nitrogens with zero attached hydrogens (tertiary/aromatic N) is 3. The van der Waals surface area contributed by atoms with E-state index in [2.05, 4.69) is 10.3 Å². The lowest BCUT2D eigenvalue weighted by Crippen LogP contribution is -2.55. The average molecular weight is 559 g/mol. The van der Waals surface area contributed by atoms with E-state index in [0.717, 1.165) is 12.1 Å². The molecule has 0 amide bonds. The monoisotopic (exact) mass is 558 g/mol. The van der Waals surface area contributed by atoms with Crippen LogP contribution in [0.15, 0.2) is 44.9 Å². The maximum atomic E-state index is 14.2. The lowest BCUT2D eigenvalue weighted by atomic mass is 10.1. The number of benzene rings is 2. The standard InChI is InChI=1S/C25H27ClF4N4O2S/c1-13-9-33(10-14(2)31-13)23-18-6-15(25(28,29)30)7-21-22(18)34(24(35)32-23)11-16(36-3)12-37(21)17-4-5-20(27)19(26)8-17/h4-8,13-14,16,31,37H,9-12H2,1-3H3/t13-,14+,16-/m0/s1. The summed E-state index contributed by atoms with van der Waals surface area (Å²) in [7, 11) is 0.0104. The lowest BCUT2D eigenvalue weighted by Gasteiger charge is -2.37. The zero-order chi connectivity index (χ0) is 26.6. The normalized spacial score (nSPS) is 25.4. The fourth-order valence-corrected chi connectivity index (χ4v) is 8.21. The zero-order valence-corrected chi connectivity index (χ0v) is 22.1. The molecule has 200 valence electrons. The molecule has 1 saturated heterocycles. The van der Waals surface area contributed by atoms with Crippen LogP contribution in [0.2, 0.25) is 5.02 Å². The largest absolute Gasteiger partial charge is 0.416 e. The van der Waals surface area contributed by atoms with Gasteiger partial charge in [-0.1, -0.05) is 11.6 Å². The van der Waals surface area contributed by atoms with Crippen molar-refractivity contribution in [1.29, 1.82) is 0 Å². The Morgan fingerprint density at radius 1 is 1.14 bits per heavy atom. The highest BCUT2D eigenvalue weighted by atomic mass is 35.5. The van der Waals surface area contributed by atoms with Crippen molar-refractivity contribution in [1.82, 2.24) is 14.9 Å². The Kier molecular flexibility index (Phi) is 6.93. The molecule has 4 atom stereocenters. The van der Waals surface area contributed by atoms with Crippen LogP contribution in [0.25, 0.3) is 10.9 Å². The number of methoxy groups -OCH3 is 1. The number of hydrogen-bond acceptors (Lipinski definition) is 5. The summed E-state index contributed by atoms with van der Waals surface area (Å²) in [5.41, 5.74) is -0.956. The minimum atomic E-state index is -4.62. The van der Waals surface area contributed by atoms with Gasteiger partial charge in [-0.25, -0.2) is 9.18 Å². The van der Waals surface area contributed by atoms with Crippen LogP contribution in [0.5, 0.6) is 0 Å². The van der Waals surface area contributed by atoms with E-state index in [4.69, 9.17) is 16.3 Å². The Bertz CT molecular complexity index is 1410. The minimum Gasteiger partial charge on any atom is -0.379 e. The SMILES string of the molecule is CO[C@H]1Cn2c(=O)nc(N3C[C@@H](C)N[C@@H](C)C3)c3cc(C(F)(F)F)cc(c32)[SH](c2ccc(F)c(Cl)c2)C1. The number of alkyl halides is 3. The van der Waals surface area contributed by atoms with Crippen molar-refractivity contribution in [2.45, 2.75) is 54.5 Å². The zero-order valence-electron chi connectivity index (χ0n) is 20.4. The molecule has 3 aromatic rings. The Morgan fingerprint density at radius 3 is 2.46 bits per heavy atom. The number of thiol groups is 1. The number of hydrogen-bond donors (Lipinski definition) is 2. The molecule has 2 aromatic carbocycles. The van der Waals surface area contributed by atoms with E-state index < -0.39 is 40.2 Å². The highest BCUT2D eigenvalue weighted by Gasteiger charge is 2.36. The van der Waals surface area contributed by atoms with Crippen LogP contribution in [0, 0.1) is 5.82 Å². The van der Waals surface area contributed by atoms with Gasteiger partial charge in [-0.2, -0.15) is 29.1 Å². The van der Waals surface area contributed by atoms with E-state index in [9.17, 15) is 22.4 Å². The summed E-state index contributed by atoms with van der Waals surface area (Å²) in [6, 6.07) is 6.53. The molecule has 2 aliphatic heterocycles. The van der Waals surface area contributed by atoms with Crippen molar-refractivity contribution in [2.75, 3.05) is 30.9 Å². The van der Waals surface area contributed by atoms with E-state index in [1.165, 1.54) is 23.8 Å². The number of anilines is 1. The first-order chi connectivity index (χ1) is 17.5. The van der Waals surface area contributed by atoms with Crippen LogP contribution in [0.4, 0.5) is 23.4 Å². The first-order valence-corrected chi connectivity index (χ1v) is 13.8. The molecule has 6 nitrogen and oxygen atoms in total. The van der Waals surface area contributed by atoms with Crippen LogP contribution >= 0.6 is 22.5 Å². The molecule has 0 saturated carbocycles. The van der Waals surface area contributed by atoms with Gasteiger partial charge in [0.2, 0.25) is 0 Å². The highest BCUT2D eigenvalue weighted by molar-refractivity contribution is 8.17. The number of rotatable bonds is 3. The summed E-state index contributed by atoms with van der Waals surface area (Å²) in [4.78, 5) is 20.6. The minimum absolute atomic E-state index is 0.0559. The second-order valence-corrected chi connectivity index (χ2v) is 12.3. The van der Waals surface area contributed by atoms with Gasteiger partial charge in [0.1, 0.15) is 11.6 Å². The predicted molar refractivity (Wildman–Crippen MR) is 138 cm³/mol. The van der Waals surface area contributed by atoms with E-state index in [1.807, 2.05) is 18.7 Å². The molecule has 5 rings (SSSR count). The van der Waals surface area contributed by atoms with Crippen LogP contribution in [-0.2, 0) is 17.5 Å². The molecule has 12 heteroatoms. The molecule has 0 radical (unpaired) electrons. The van der Waals surface area contributed by atoms with Crippen LogP contribution < -0.4 is 15.9 Å². The molecule has 0 spiro atoms. The smallest absolute Gasteiger partial charge is 0.379 e. The van der Waals surface area contributed by atoms with Crippen molar-refractivity contribution < 1.29 is 22.3 Å². The third kappa shape index (κ3) is 4.94. The Hall–Kier alpha value is -2.34. The lowest BCUT2D eigenvalue weighted by molar-refractivity contribution is -0.137. The highest BCUT2D eigenvalue weighted by Crippen LogP contribution is 2.52. The van der Waals surface area contributed by atoms with Gasteiger partial charge in [-0.15, -0.1) is 0 Å². The van der Waals surface area contributed by atoms with Crippen LogP contribution in [-0.4, -0.2) is 53.7 Å². The molecular formula is C25H27ClF4N4O2S. The average Bonchev–Trinajstić information content (AvgIpc) is 2.99. The van der Waals surface area contributed by atoms with Gasteiger partial charge in [-0.05, 0) is 49.1 Å². The van der Waals surface area contributed by atoms with E-state index in [0.29, 0.717) is 34.2 Å². The number of aromatic nitrogens is 2. The molecular weight excluding hydrogens is 532 g/mol. The summed E-state index contributed by atoms with van der Waals surface area (Å²) in [6.07, 6.45) is -5.09. The Labute approximate surface area is 218 Å². The number of ether oxygens (including phenoxy) is 1. The van der Waals surface area contributed by atoms with Gasteiger partial charge in [0.15, 0.2) is 0 Å². The molecule has 3 heterocycles. The van der Waals surface area contributed by atoms with Crippen molar-refractivity contribution in [3.05, 3.63) is 57.2 Å². The third-order valence-electron chi connectivity index (χ3n) is 6.83. The molecule has 1 fully saturated rings. The number of halogens is 5. The number of nitrogens with one attached hydrogen (secondary N) is 1. The number of piperazine rings is 1. The summed E-state index contributed by atoms with van der Waals surface area (Å²) in [5.74, 6) is -0.0351. The van der Waals surface area contributed by atoms with Crippen LogP contribution in [0.1, 0.15) is 19.4 Å². The van der Waals surface area contributed by atoms with Gasteiger partial charge in [-0.3, -0.25) is 4.57 Å². The maximum absolute atomic E-state index is 14.2. The third-order valence-corrected chi connectivity index (χ3v) is 9.71. The molecule has 1 unspecified atom stereocenters. The second kappa shape index (κ2) is 9.76. The Balaban J connectivity index is 1.84. The fourth-order valence-electron chi connectivity index (χ4n) is 5.27. The van der Waals surface area contributed by atoms with Gasteiger partial charge in [0, 0.05) is 48.3 Å². The van der Waals surface area contributed by atoms with Crippen molar-refractivity contribution in [2.24, 2.45) is 0 Å². The fraction of sp³-hybridized carbons (Fsp3) is 0.440. The van der Waals surface area contributed by atoms with Gasteiger partial charge in [0.25, 0.3) is 0 Å². The summed E-state index contributed by atoms with van der Waals surface area (Å²) >= 11 is 6.08. The first kappa shape index (κ1) is 26.3. The van der Waals surface area contributed by atoms with Crippen LogP contribution in [0.3, 0.4) is 0 Å². The second-order valence-electron chi connectivity index (χ2n) is 9.66. The molecule has 37 heavy (non-hydrogen) atoms. The van der Waals surface area contributed by atoms with E-state index in [-0.39, 0.29) is 34.9 Å². The summed E-state index contributed by atoms with van der Waals surface area (Å²) in [5, 5.41) is 3.55. The molecule has 1 N–H and O–H groups in total. The topological polar surface area (TPSA) is 59.4 Å². The van der Waals surface area contributed by atoms with Gasteiger partial charge < -0.3 is 15.0 Å². The molecule has 1 aromatic heterocycles. The van der Waals surface area contributed by atoms with E-state index >= 15 is 0 Å². The Morgan fingerprint density at radius 2 is 1.84 bits per heavy atom. The predicted octanol–water partition coefficient (Wildman–Crippen LogP) is 4.84.